The van der Waals surface area contributed by atoms with Crippen LogP contribution in [0.3, 0.4) is 0 Å². The molecule has 0 fully saturated rings. The number of hydrogen-bond acceptors (Lipinski definition) is 0. The predicted octanol–water partition coefficient (Wildman–Crippen LogP) is 0.599. The van der Waals surface area contributed by atoms with E-state index in [4.69, 9.17) is 12.8 Å². The second-order valence-corrected chi connectivity index (χ2v) is 0.558. The first-order valence-corrected chi connectivity index (χ1v) is 1.25. The van der Waals surface area contributed by atoms with Gasteiger partial charge in [0.25, 0.3) is 0 Å². The van der Waals surface area contributed by atoms with Crippen LogP contribution in [-0.4, -0.2) is 0 Å². The average Bonchev–Trinajstić information content (AvgIpc) is 1.41. The molecule has 0 rings (SSSR count). The second kappa shape index (κ2) is 3.34. The molecule has 0 atom stereocenters. The molecule has 0 saturated heterocycles. The minimum absolute atomic E-state index is 0.333. The summed E-state index contributed by atoms with van der Waals surface area (Å²) in [4.78, 5) is 0. The average molecular weight is 63.1 g/mol. The summed E-state index contributed by atoms with van der Waals surface area (Å²) < 4.78 is 0. The molecule has 0 aromatic carbocycles. The van der Waals surface area contributed by atoms with Gasteiger partial charge < -0.3 is 0 Å². The van der Waals surface area contributed by atoms with Crippen molar-refractivity contribution in [2.45, 2.75) is 6.42 Å². The zero-order valence-corrected chi connectivity index (χ0v) is 2.78. The van der Waals surface area contributed by atoms with Crippen molar-refractivity contribution in [2.75, 3.05) is 0 Å². The molecule has 0 N–H and O–H groups in total. The Labute approximate surface area is 32.2 Å². The van der Waals surface area contributed by atoms with Crippen LogP contribution in [0.1, 0.15) is 6.42 Å². The van der Waals surface area contributed by atoms with Gasteiger partial charge in [0.05, 0.1) is 0 Å². The summed E-state index contributed by atoms with van der Waals surface area (Å²) in [6.45, 7) is 0. The SMILES string of the molecule is [C+]#CCC#C. The van der Waals surface area contributed by atoms with Crippen LogP contribution in [0.25, 0.3) is 0 Å². The molecule has 0 bridgehead atoms. The van der Waals surface area contributed by atoms with Crippen molar-refractivity contribution >= 4 is 0 Å². The van der Waals surface area contributed by atoms with E-state index in [1.54, 1.807) is 0 Å². The van der Waals surface area contributed by atoms with Gasteiger partial charge in [0.1, 0.15) is 0 Å². The molecule has 0 aromatic heterocycles. The standard InChI is InChI=1S/C5H3/c1-3-5-4-2/h1H,5H2/q+1. The molecule has 0 aliphatic heterocycles. The Morgan fingerprint density at radius 1 is 1.80 bits per heavy atom. The van der Waals surface area contributed by atoms with E-state index >= 15 is 0 Å². The van der Waals surface area contributed by atoms with Gasteiger partial charge in [-0.05, 0) is 0 Å². The molecule has 0 aliphatic rings. The third-order valence-corrected chi connectivity index (χ3v) is 0.190. The Morgan fingerprint density at radius 2 is 2.40 bits per heavy atom. The Morgan fingerprint density at radius 3 is 2.40 bits per heavy atom. The number of hydrogen-bond donors (Lipinski definition) is 0. The fraction of sp³-hybridized carbons (Fsp3) is 0.200. The zero-order valence-electron chi connectivity index (χ0n) is 2.78. The van der Waals surface area contributed by atoms with Gasteiger partial charge in [-0.15, -0.1) is 0 Å². The Hall–Kier alpha value is -0.660. The molecule has 0 heteroatoms. The van der Waals surface area contributed by atoms with Crippen molar-refractivity contribution in [3.63, 3.8) is 0 Å². The number of terminal acetylenes is 1. The van der Waals surface area contributed by atoms with Crippen LogP contribution in [0.2, 0.25) is 0 Å². The maximum absolute atomic E-state index is 6.21. The Bertz CT molecular complexity index is 65.2. The molecule has 0 aromatic rings. The van der Waals surface area contributed by atoms with Gasteiger partial charge in [0.2, 0.25) is 0 Å². The first kappa shape index (κ1) is 4.34. The van der Waals surface area contributed by atoms with Crippen molar-refractivity contribution in [3.8, 4) is 18.3 Å². The van der Waals surface area contributed by atoms with Crippen LogP contribution < -0.4 is 0 Å². The molecule has 0 nitrogen and oxygen atoms in total. The molecule has 0 aliphatic carbocycles. The normalized spacial score (nSPS) is 5.00. The molecule has 22 valence electrons. The van der Waals surface area contributed by atoms with E-state index in [9.17, 15) is 0 Å². The van der Waals surface area contributed by atoms with Gasteiger partial charge in [-0.3, -0.25) is 0 Å². The predicted molar refractivity (Wildman–Crippen MR) is 20.6 cm³/mol. The molecule has 0 saturated carbocycles. The zero-order chi connectivity index (χ0) is 4.12. The van der Waals surface area contributed by atoms with Gasteiger partial charge in [0.15, 0.2) is 0 Å². The molecule has 0 unspecified atom stereocenters. The van der Waals surface area contributed by atoms with E-state index in [0.717, 1.165) is 0 Å². The van der Waals surface area contributed by atoms with Gasteiger partial charge in [-0.2, -0.15) is 0 Å². The van der Waals surface area contributed by atoms with Crippen molar-refractivity contribution in [3.05, 3.63) is 6.42 Å². The van der Waals surface area contributed by atoms with E-state index in [1.165, 1.54) is 0 Å². The molecule has 0 amide bonds. The first-order chi connectivity index (χ1) is 2.41. The summed E-state index contributed by atoms with van der Waals surface area (Å²) >= 11 is 0. The fourth-order valence-electron chi connectivity index (χ4n) is 0.0510. The van der Waals surface area contributed by atoms with Crippen LogP contribution in [0, 0.1) is 24.7 Å². The van der Waals surface area contributed by atoms with Crippen LogP contribution in [0.15, 0.2) is 0 Å². The van der Waals surface area contributed by atoms with Gasteiger partial charge in [-0.1, -0.05) is 0 Å². The second-order valence-electron chi connectivity index (χ2n) is 0.558. The van der Waals surface area contributed by atoms with Crippen molar-refractivity contribution in [2.24, 2.45) is 0 Å². The molecule has 0 radical (unpaired) electrons. The van der Waals surface area contributed by atoms with E-state index in [-0.39, 0.29) is 0 Å². The quantitative estimate of drug-likeness (QED) is 0.285. The van der Waals surface area contributed by atoms with Crippen LogP contribution in [0.5, 0.6) is 0 Å². The molecular weight excluding hydrogens is 60.1 g/mol. The summed E-state index contributed by atoms with van der Waals surface area (Å²) in [5.74, 6) is 4.25. The van der Waals surface area contributed by atoms with Crippen molar-refractivity contribution in [1.82, 2.24) is 0 Å². The van der Waals surface area contributed by atoms with Crippen LogP contribution in [0.4, 0.5) is 0 Å². The maximum atomic E-state index is 6.21. The van der Waals surface area contributed by atoms with E-state index in [2.05, 4.69) is 5.92 Å². The van der Waals surface area contributed by atoms with Gasteiger partial charge >= 0.3 is 31.1 Å². The summed E-state index contributed by atoms with van der Waals surface area (Å²) in [6, 6.07) is 0. The van der Waals surface area contributed by atoms with E-state index in [0.29, 0.717) is 6.42 Å². The van der Waals surface area contributed by atoms with E-state index in [1.807, 2.05) is 5.92 Å². The fourth-order valence-corrected chi connectivity index (χ4v) is 0.0510. The van der Waals surface area contributed by atoms with Crippen molar-refractivity contribution < 1.29 is 0 Å². The number of rotatable bonds is 0. The summed E-state index contributed by atoms with van der Waals surface area (Å²) in [6.07, 6.45) is 11.2. The van der Waals surface area contributed by atoms with Gasteiger partial charge in [0, 0.05) is 0 Å². The monoisotopic (exact) mass is 63.0 g/mol. The third kappa shape index (κ3) is 3.34. The first-order valence-electron chi connectivity index (χ1n) is 1.25. The molecule has 0 heterocycles. The summed E-state index contributed by atoms with van der Waals surface area (Å²) in [7, 11) is 0. The third-order valence-electron chi connectivity index (χ3n) is 0.190. The van der Waals surface area contributed by atoms with Crippen molar-refractivity contribution in [1.29, 1.82) is 0 Å². The molecule has 5 heavy (non-hydrogen) atoms. The van der Waals surface area contributed by atoms with Gasteiger partial charge in [-0.25, -0.2) is 0 Å². The Balaban J connectivity index is 2.86. The topological polar surface area (TPSA) is 0 Å². The summed E-state index contributed by atoms with van der Waals surface area (Å²) in [5.41, 5.74) is 0. The minimum atomic E-state index is 0.333. The van der Waals surface area contributed by atoms with E-state index < -0.39 is 0 Å². The molecule has 0 spiro atoms. The van der Waals surface area contributed by atoms with Crippen LogP contribution in [-0.2, 0) is 0 Å². The molecular formula is C5H3+. The Kier molecular flexibility index (Phi) is 2.90. The summed E-state index contributed by atoms with van der Waals surface area (Å²) in [5, 5.41) is 0. The van der Waals surface area contributed by atoms with Crippen LogP contribution >= 0.6 is 0 Å².